The van der Waals surface area contributed by atoms with Crippen LogP contribution in [0, 0.1) is 0 Å². The highest BCUT2D eigenvalue weighted by atomic mass is 35.5. The van der Waals surface area contributed by atoms with Crippen LogP contribution in [0.15, 0.2) is 24.3 Å². The average Bonchev–Trinajstić information content (AvgIpc) is 2.39. The third kappa shape index (κ3) is 2.14. The molecule has 3 rings (SSSR count). The number of carbonyl (C=O) groups is 1. The molecule has 0 bridgehead atoms. The SMILES string of the molecule is O=C1CCCC2CCCC(c3ccc(Cl)cc3)N12. The highest BCUT2D eigenvalue weighted by molar-refractivity contribution is 6.30. The van der Waals surface area contributed by atoms with Crippen LogP contribution in [0.1, 0.15) is 50.1 Å². The van der Waals surface area contributed by atoms with Crippen LogP contribution in [0.4, 0.5) is 0 Å². The number of hydrogen-bond donors (Lipinski definition) is 0. The molecule has 0 aromatic heterocycles. The Morgan fingerprint density at radius 3 is 2.56 bits per heavy atom. The fourth-order valence-electron chi connectivity index (χ4n) is 3.37. The minimum absolute atomic E-state index is 0.272. The summed E-state index contributed by atoms with van der Waals surface area (Å²) in [5.74, 6) is 0.339. The minimum Gasteiger partial charge on any atom is -0.333 e. The van der Waals surface area contributed by atoms with Gasteiger partial charge in [-0.2, -0.15) is 0 Å². The third-order valence-electron chi connectivity index (χ3n) is 4.21. The lowest BCUT2D eigenvalue weighted by Gasteiger charge is -2.45. The van der Waals surface area contributed by atoms with Gasteiger partial charge in [0.1, 0.15) is 0 Å². The molecule has 0 radical (unpaired) electrons. The first-order chi connectivity index (χ1) is 8.75. The Morgan fingerprint density at radius 2 is 1.78 bits per heavy atom. The number of nitrogens with zero attached hydrogens (tertiary/aromatic N) is 1. The van der Waals surface area contributed by atoms with E-state index in [1.165, 1.54) is 24.8 Å². The van der Waals surface area contributed by atoms with Crippen LogP contribution in [0.2, 0.25) is 5.02 Å². The molecular weight excluding hydrogens is 246 g/mol. The fourth-order valence-corrected chi connectivity index (χ4v) is 3.50. The normalized spacial score (nSPS) is 28.1. The first-order valence-electron chi connectivity index (χ1n) is 6.82. The predicted octanol–water partition coefficient (Wildman–Crippen LogP) is 3.95. The van der Waals surface area contributed by atoms with Gasteiger partial charge < -0.3 is 4.90 Å². The highest BCUT2D eigenvalue weighted by Crippen LogP contribution is 2.39. The van der Waals surface area contributed by atoms with Crippen molar-refractivity contribution in [2.75, 3.05) is 0 Å². The van der Waals surface area contributed by atoms with Crippen molar-refractivity contribution in [1.29, 1.82) is 0 Å². The summed E-state index contributed by atoms with van der Waals surface area (Å²) in [6.45, 7) is 0. The van der Waals surface area contributed by atoms with Crippen molar-refractivity contribution in [3.8, 4) is 0 Å². The summed E-state index contributed by atoms with van der Waals surface area (Å²) in [6.07, 6.45) is 6.45. The van der Waals surface area contributed by atoms with Gasteiger partial charge in [0.05, 0.1) is 6.04 Å². The van der Waals surface area contributed by atoms with E-state index < -0.39 is 0 Å². The molecule has 2 fully saturated rings. The zero-order valence-corrected chi connectivity index (χ0v) is 11.2. The van der Waals surface area contributed by atoms with Crippen LogP contribution in [-0.2, 0) is 4.79 Å². The molecule has 2 unspecified atom stereocenters. The van der Waals surface area contributed by atoms with E-state index in [-0.39, 0.29) is 6.04 Å². The number of amides is 1. The molecule has 0 spiro atoms. The fraction of sp³-hybridized carbons (Fsp3) is 0.533. The predicted molar refractivity (Wildman–Crippen MR) is 72.5 cm³/mol. The molecule has 2 nitrogen and oxygen atoms in total. The molecule has 3 heteroatoms. The standard InChI is InChI=1S/C15H18ClNO/c16-12-9-7-11(8-10-12)14-5-1-3-13-4-2-6-15(18)17(13)14/h7-10,13-14H,1-6H2. The van der Waals surface area contributed by atoms with E-state index in [1.54, 1.807) is 0 Å². The number of rotatable bonds is 1. The second kappa shape index (κ2) is 4.93. The summed E-state index contributed by atoms with van der Waals surface area (Å²) in [6, 6.07) is 8.73. The Labute approximate surface area is 113 Å². The molecule has 2 atom stereocenters. The number of benzene rings is 1. The Hall–Kier alpha value is -1.02. The largest absolute Gasteiger partial charge is 0.333 e. The Kier molecular flexibility index (Phi) is 3.29. The second-order valence-corrected chi connectivity index (χ2v) is 5.78. The summed E-state index contributed by atoms with van der Waals surface area (Å²) in [5, 5.41) is 0.760. The Balaban J connectivity index is 1.89. The number of halogens is 1. The maximum atomic E-state index is 12.2. The molecule has 1 aromatic rings. The maximum absolute atomic E-state index is 12.2. The summed E-state index contributed by atoms with van der Waals surface area (Å²) >= 11 is 5.94. The molecule has 0 aliphatic carbocycles. The number of piperidine rings is 2. The highest BCUT2D eigenvalue weighted by Gasteiger charge is 2.36. The molecule has 96 valence electrons. The van der Waals surface area contributed by atoms with Gasteiger partial charge in [0.25, 0.3) is 0 Å². The summed E-state index contributed by atoms with van der Waals surface area (Å²) in [7, 11) is 0. The van der Waals surface area contributed by atoms with Crippen LogP contribution < -0.4 is 0 Å². The van der Waals surface area contributed by atoms with Crippen LogP contribution in [0.25, 0.3) is 0 Å². The van der Waals surface area contributed by atoms with Gasteiger partial charge in [-0.05, 0) is 49.8 Å². The number of hydrogen-bond acceptors (Lipinski definition) is 1. The molecule has 2 aliphatic heterocycles. The molecule has 1 amide bonds. The lowest BCUT2D eigenvalue weighted by molar-refractivity contribution is -0.142. The van der Waals surface area contributed by atoms with E-state index in [1.807, 2.05) is 12.1 Å². The summed E-state index contributed by atoms with van der Waals surface area (Å²) < 4.78 is 0. The van der Waals surface area contributed by atoms with Crippen molar-refractivity contribution >= 4 is 17.5 Å². The van der Waals surface area contributed by atoms with E-state index in [2.05, 4.69) is 17.0 Å². The minimum atomic E-state index is 0.272. The van der Waals surface area contributed by atoms with Gasteiger partial charge in [-0.1, -0.05) is 23.7 Å². The second-order valence-electron chi connectivity index (χ2n) is 5.35. The van der Waals surface area contributed by atoms with Gasteiger partial charge in [0, 0.05) is 17.5 Å². The Bertz CT molecular complexity index is 440. The molecule has 1 aromatic carbocycles. The maximum Gasteiger partial charge on any atom is 0.223 e. The molecular formula is C15H18ClNO. The quantitative estimate of drug-likeness (QED) is 0.751. The monoisotopic (exact) mass is 263 g/mol. The third-order valence-corrected chi connectivity index (χ3v) is 4.47. The Morgan fingerprint density at radius 1 is 1.06 bits per heavy atom. The van der Waals surface area contributed by atoms with E-state index in [0.717, 1.165) is 24.3 Å². The van der Waals surface area contributed by atoms with Gasteiger partial charge in [0.15, 0.2) is 0 Å². The van der Waals surface area contributed by atoms with Gasteiger partial charge in [-0.25, -0.2) is 0 Å². The topological polar surface area (TPSA) is 20.3 Å². The van der Waals surface area contributed by atoms with E-state index in [0.29, 0.717) is 11.9 Å². The van der Waals surface area contributed by atoms with Crippen molar-refractivity contribution in [2.24, 2.45) is 0 Å². The first-order valence-corrected chi connectivity index (χ1v) is 7.20. The van der Waals surface area contributed by atoms with Crippen LogP contribution in [0.5, 0.6) is 0 Å². The zero-order valence-electron chi connectivity index (χ0n) is 10.4. The van der Waals surface area contributed by atoms with Crippen molar-refractivity contribution in [1.82, 2.24) is 4.90 Å². The smallest absolute Gasteiger partial charge is 0.223 e. The van der Waals surface area contributed by atoms with Crippen LogP contribution in [0.3, 0.4) is 0 Å². The lowest BCUT2D eigenvalue weighted by atomic mass is 9.86. The molecule has 18 heavy (non-hydrogen) atoms. The lowest BCUT2D eigenvalue weighted by Crippen LogP contribution is -2.48. The molecule has 2 aliphatic rings. The van der Waals surface area contributed by atoms with Crippen LogP contribution >= 0.6 is 11.6 Å². The van der Waals surface area contributed by atoms with Gasteiger partial charge in [-0.15, -0.1) is 0 Å². The summed E-state index contributed by atoms with van der Waals surface area (Å²) in [5.41, 5.74) is 1.24. The van der Waals surface area contributed by atoms with Crippen LogP contribution in [-0.4, -0.2) is 16.8 Å². The summed E-state index contributed by atoms with van der Waals surface area (Å²) in [4.78, 5) is 14.3. The van der Waals surface area contributed by atoms with Crippen molar-refractivity contribution in [3.63, 3.8) is 0 Å². The van der Waals surface area contributed by atoms with Gasteiger partial charge in [-0.3, -0.25) is 4.79 Å². The first kappa shape index (κ1) is 12.0. The number of carbonyl (C=O) groups excluding carboxylic acids is 1. The van der Waals surface area contributed by atoms with E-state index in [9.17, 15) is 4.79 Å². The van der Waals surface area contributed by atoms with Crippen molar-refractivity contribution in [3.05, 3.63) is 34.9 Å². The molecule has 2 saturated heterocycles. The van der Waals surface area contributed by atoms with E-state index >= 15 is 0 Å². The average molecular weight is 264 g/mol. The van der Waals surface area contributed by atoms with E-state index in [4.69, 9.17) is 11.6 Å². The number of fused-ring (bicyclic) bond motifs is 1. The molecule has 0 N–H and O–H groups in total. The van der Waals surface area contributed by atoms with Gasteiger partial charge in [0.2, 0.25) is 5.91 Å². The molecule has 2 heterocycles. The molecule has 0 saturated carbocycles. The van der Waals surface area contributed by atoms with Crippen molar-refractivity contribution < 1.29 is 4.79 Å². The zero-order chi connectivity index (χ0) is 12.5. The van der Waals surface area contributed by atoms with Gasteiger partial charge >= 0.3 is 0 Å². The van der Waals surface area contributed by atoms with Crippen molar-refractivity contribution in [2.45, 2.75) is 50.6 Å².